The molecule has 0 rings (SSSR count). The monoisotopic (exact) mass is 189 g/mol. The fourth-order valence-electron chi connectivity index (χ4n) is 0.984. The molecule has 0 amide bonds. The number of nitrogens with zero attached hydrogens (tertiary/aromatic N) is 1. The molecule has 0 saturated heterocycles. The average Bonchev–Trinajstić information content (AvgIpc) is 2.04. The van der Waals surface area contributed by atoms with Gasteiger partial charge in [-0.05, 0) is 19.4 Å². The van der Waals surface area contributed by atoms with Crippen LogP contribution < -0.4 is 0 Å². The molecule has 12 heavy (non-hydrogen) atoms. The van der Waals surface area contributed by atoms with Crippen LogP contribution in [0, 0.1) is 0 Å². The van der Waals surface area contributed by atoms with Crippen molar-refractivity contribution in [2.45, 2.75) is 33.1 Å². The maximum atomic E-state index is 11.6. The first-order valence-electron chi connectivity index (χ1n) is 4.44. The third kappa shape index (κ3) is 4.14. The number of allylic oxidation sites excluding steroid dienone is 1. The lowest BCUT2D eigenvalue weighted by Crippen LogP contribution is -2.28. The summed E-state index contributed by atoms with van der Waals surface area (Å²) < 4.78 is 13.4. The molecule has 0 saturated carbocycles. The van der Waals surface area contributed by atoms with Crippen molar-refractivity contribution < 1.29 is 4.55 Å². The second kappa shape index (κ2) is 6.52. The Morgan fingerprint density at radius 2 is 2.00 bits per heavy atom. The summed E-state index contributed by atoms with van der Waals surface area (Å²) in [6, 6.07) is 0. The van der Waals surface area contributed by atoms with E-state index >= 15 is 0 Å². The highest BCUT2D eigenvalue weighted by atomic mass is 32.2. The lowest BCUT2D eigenvalue weighted by molar-refractivity contribution is 0.472. The highest BCUT2D eigenvalue weighted by Gasteiger charge is 2.17. The second-order valence-corrected chi connectivity index (χ2v) is 4.59. The second-order valence-electron chi connectivity index (χ2n) is 2.89. The third-order valence-corrected chi connectivity index (χ3v) is 3.04. The van der Waals surface area contributed by atoms with E-state index in [1.807, 2.05) is 11.4 Å². The molecule has 0 aromatic carbocycles. The topological polar surface area (TPSA) is 26.3 Å². The van der Waals surface area contributed by atoms with Gasteiger partial charge in [-0.15, -0.1) is 4.31 Å². The van der Waals surface area contributed by atoms with Gasteiger partial charge in [0.05, 0.1) is 11.4 Å². The van der Waals surface area contributed by atoms with Crippen LogP contribution in [0.4, 0.5) is 0 Å². The van der Waals surface area contributed by atoms with Crippen molar-refractivity contribution in [1.29, 1.82) is 0 Å². The maximum absolute atomic E-state index is 11.6. The summed E-state index contributed by atoms with van der Waals surface area (Å²) >= 11 is -0.970. The molecule has 2 nitrogen and oxygen atoms in total. The normalized spacial score (nSPS) is 13.4. The molecule has 0 spiro atoms. The molecule has 1 unspecified atom stereocenters. The van der Waals surface area contributed by atoms with E-state index in [1.165, 1.54) is 0 Å². The number of hydrogen-bond donors (Lipinski definition) is 0. The van der Waals surface area contributed by atoms with Crippen LogP contribution in [0.2, 0.25) is 0 Å². The van der Waals surface area contributed by atoms with Crippen LogP contribution in [0.5, 0.6) is 0 Å². The van der Waals surface area contributed by atoms with E-state index in [1.54, 1.807) is 0 Å². The summed E-state index contributed by atoms with van der Waals surface area (Å²) in [5.74, 6) is 0. The zero-order chi connectivity index (χ0) is 9.56. The van der Waals surface area contributed by atoms with Gasteiger partial charge in [0.25, 0.3) is 0 Å². The van der Waals surface area contributed by atoms with Crippen molar-refractivity contribution in [3.63, 3.8) is 0 Å². The molecule has 0 aromatic heterocycles. The highest BCUT2D eigenvalue weighted by Crippen LogP contribution is 2.14. The van der Waals surface area contributed by atoms with Gasteiger partial charge in [0.2, 0.25) is 0 Å². The van der Waals surface area contributed by atoms with Gasteiger partial charge < -0.3 is 4.55 Å². The highest BCUT2D eigenvalue weighted by molar-refractivity contribution is 7.92. The van der Waals surface area contributed by atoms with Gasteiger partial charge in [-0.1, -0.05) is 13.8 Å². The Morgan fingerprint density at radius 3 is 2.42 bits per heavy atom. The van der Waals surface area contributed by atoms with Gasteiger partial charge in [-0.2, -0.15) is 0 Å². The minimum absolute atomic E-state index is 0.841. The molecule has 0 radical (unpaired) electrons. The van der Waals surface area contributed by atoms with E-state index in [0.717, 1.165) is 30.7 Å². The molecular formula is C9H19NOS. The van der Waals surface area contributed by atoms with E-state index in [-0.39, 0.29) is 0 Å². The lowest BCUT2D eigenvalue weighted by atomic mass is 10.3. The molecule has 0 aliphatic rings. The third-order valence-electron chi connectivity index (χ3n) is 1.60. The average molecular weight is 189 g/mol. The summed E-state index contributed by atoms with van der Waals surface area (Å²) in [6.45, 7) is 8.83. The van der Waals surface area contributed by atoms with Gasteiger partial charge in [0.15, 0.2) is 0 Å². The van der Waals surface area contributed by atoms with Crippen molar-refractivity contribution in [2.24, 2.45) is 0 Å². The Hall–Kier alpha value is 0.01000. The molecule has 72 valence electrons. The minimum Gasteiger partial charge on any atom is -0.593 e. The molecule has 1 atom stereocenters. The molecule has 0 bridgehead atoms. The molecule has 0 fully saturated rings. The smallest absolute Gasteiger partial charge is 0.144 e. The predicted molar refractivity (Wildman–Crippen MR) is 55.1 cm³/mol. The molecule has 0 heterocycles. The largest absolute Gasteiger partial charge is 0.593 e. The Morgan fingerprint density at radius 1 is 1.42 bits per heavy atom. The molecule has 3 heteroatoms. The Bertz CT molecular complexity index is 138. The SMILES string of the molecule is C=C(CCC)[S+]([O-])N(C)CCC. The molecule has 0 aliphatic carbocycles. The quantitative estimate of drug-likeness (QED) is 0.599. The molecule has 0 aromatic rings. The van der Waals surface area contributed by atoms with E-state index < -0.39 is 11.4 Å². The summed E-state index contributed by atoms with van der Waals surface area (Å²) in [4.78, 5) is 0.841. The molecular weight excluding hydrogens is 170 g/mol. The number of rotatable bonds is 6. The fourth-order valence-corrected chi connectivity index (χ4v) is 2.15. The summed E-state index contributed by atoms with van der Waals surface area (Å²) in [6.07, 6.45) is 2.91. The van der Waals surface area contributed by atoms with Crippen LogP contribution in [-0.2, 0) is 11.4 Å². The maximum Gasteiger partial charge on any atom is 0.144 e. The van der Waals surface area contributed by atoms with Gasteiger partial charge in [-0.25, -0.2) is 0 Å². The number of hydrogen-bond acceptors (Lipinski definition) is 2. The van der Waals surface area contributed by atoms with Crippen molar-refractivity contribution in [3.05, 3.63) is 11.5 Å². The predicted octanol–water partition coefficient (Wildman–Crippen LogP) is 2.31. The first-order valence-corrected chi connectivity index (χ1v) is 5.54. The van der Waals surface area contributed by atoms with Crippen LogP contribution in [0.25, 0.3) is 0 Å². The van der Waals surface area contributed by atoms with Crippen molar-refractivity contribution >= 4 is 11.4 Å². The zero-order valence-corrected chi connectivity index (χ0v) is 9.12. The lowest BCUT2D eigenvalue weighted by Gasteiger charge is -2.20. The van der Waals surface area contributed by atoms with E-state index in [2.05, 4.69) is 20.4 Å². The Kier molecular flexibility index (Phi) is 6.52. The van der Waals surface area contributed by atoms with Crippen molar-refractivity contribution in [1.82, 2.24) is 4.31 Å². The fraction of sp³-hybridized carbons (Fsp3) is 0.778. The van der Waals surface area contributed by atoms with Gasteiger partial charge in [-0.3, -0.25) is 0 Å². The Balaban J connectivity index is 3.82. The van der Waals surface area contributed by atoms with E-state index in [0.29, 0.717) is 0 Å². The van der Waals surface area contributed by atoms with Crippen LogP contribution in [0.3, 0.4) is 0 Å². The first-order chi connectivity index (χ1) is 5.63. The van der Waals surface area contributed by atoms with Crippen LogP contribution >= 0.6 is 0 Å². The standard InChI is InChI=1S/C9H19NOS/c1-5-7-9(3)12(11)10(4)8-6-2/h3,5-8H2,1-2,4H3. The zero-order valence-electron chi connectivity index (χ0n) is 8.30. The first kappa shape index (κ1) is 12.0. The molecule has 0 N–H and O–H groups in total. The van der Waals surface area contributed by atoms with Crippen LogP contribution in [0.1, 0.15) is 33.1 Å². The van der Waals surface area contributed by atoms with Gasteiger partial charge >= 0.3 is 0 Å². The summed E-state index contributed by atoms with van der Waals surface area (Å²) in [7, 11) is 1.88. The van der Waals surface area contributed by atoms with Crippen molar-refractivity contribution in [3.8, 4) is 0 Å². The van der Waals surface area contributed by atoms with Gasteiger partial charge in [0.1, 0.15) is 4.91 Å². The summed E-state index contributed by atoms with van der Waals surface area (Å²) in [5, 5.41) is 0. The van der Waals surface area contributed by atoms with Crippen molar-refractivity contribution in [2.75, 3.05) is 13.6 Å². The van der Waals surface area contributed by atoms with Gasteiger partial charge in [0, 0.05) is 20.0 Å². The van der Waals surface area contributed by atoms with Crippen LogP contribution in [-0.4, -0.2) is 22.5 Å². The summed E-state index contributed by atoms with van der Waals surface area (Å²) in [5.41, 5.74) is 0. The molecule has 0 aliphatic heterocycles. The Labute approximate surface area is 79.0 Å². The minimum atomic E-state index is -0.970. The van der Waals surface area contributed by atoms with E-state index in [4.69, 9.17) is 0 Å². The van der Waals surface area contributed by atoms with E-state index in [9.17, 15) is 4.55 Å². The van der Waals surface area contributed by atoms with Crippen LogP contribution in [0.15, 0.2) is 11.5 Å².